The van der Waals surface area contributed by atoms with Crippen LogP contribution in [0.15, 0.2) is 22.8 Å². The fraction of sp³-hybridized carbons (Fsp3) is 0.667. The number of urea groups is 1. The molecule has 1 aromatic heterocycles. The number of furan rings is 1. The monoisotopic (exact) mass is 293 g/mol. The first-order valence-corrected chi connectivity index (χ1v) is 7.72. The van der Waals surface area contributed by atoms with Crippen molar-refractivity contribution < 1.29 is 14.3 Å². The van der Waals surface area contributed by atoms with Crippen LogP contribution >= 0.6 is 0 Å². The van der Waals surface area contributed by atoms with Gasteiger partial charge in [0.1, 0.15) is 11.9 Å². The maximum absolute atomic E-state index is 11.8. The van der Waals surface area contributed by atoms with E-state index >= 15 is 0 Å². The SMILES string of the molecule is O=C(NCC(O)c1ccco1)NC1CCN(C2CC2)CC1. The number of aliphatic hydroxyl groups is 1. The number of nitrogens with one attached hydrogen (secondary N) is 2. The number of carbonyl (C=O) groups is 1. The largest absolute Gasteiger partial charge is 0.467 e. The average molecular weight is 293 g/mol. The molecular weight excluding hydrogens is 270 g/mol. The minimum Gasteiger partial charge on any atom is -0.467 e. The smallest absolute Gasteiger partial charge is 0.315 e. The van der Waals surface area contributed by atoms with E-state index in [1.54, 1.807) is 12.1 Å². The number of rotatable bonds is 5. The van der Waals surface area contributed by atoms with Gasteiger partial charge in [-0.1, -0.05) is 0 Å². The molecule has 1 saturated carbocycles. The van der Waals surface area contributed by atoms with E-state index < -0.39 is 6.10 Å². The van der Waals surface area contributed by atoms with Crippen molar-refractivity contribution in [3.63, 3.8) is 0 Å². The lowest BCUT2D eigenvalue weighted by molar-refractivity contribution is 0.146. The summed E-state index contributed by atoms with van der Waals surface area (Å²) in [5, 5.41) is 15.5. The Labute approximate surface area is 124 Å². The van der Waals surface area contributed by atoms with Crippen LogP contribution in [0.3, 0.4) is 0 Å². The van der Waals surface area contributed by atoms with Gasteiger partial charge in [0, 0.05) is 25.2 Å². The molecule has 0 bridgehead atoms. The van der Waals surface area contributed by atoms with Crippen LogP contribution < -0.4 is 10.6 Å². The predicted molar refractivity (Wildman–Crippen MR) is 77.8 cm³/mol. The van der Waals surface area contributed by atoms with Gasteiger partial charge in [-0.05, 0) is 37.8 Å². The van der Waals surface area contributed by atoms with Gasteiger partial charge in [0.05, 0.1) is 12.8 Å². The van der Waals surface area contributed by atoms with Crippen molar-refractivity contribution in [1.82, 2.24) is 15.5 Å². The summed E-state index contributed by atoms with van der Waals surface area (Å²) in [6.07, 6.45) is 5.39. The molecule has 1 atom stereocenters. The highest BCUT2D eigenvalue weighted by molar-refractivity contribution is 5.74. The molecule has 0 spiro atoms. The van der Waals surface area contributed by atoms with E-state index in [1.165, 1.54) is 19.1 Å². The molecule has 1 unspecified atom stereocenters. The highest BCUT2D eigenvalue weighted by atomic mass is 16.4. The molecule has 6 nitrogen and oxygen atoms in total. The van der Waals surface area contributed by atoms with E-state index in [1.807, 2.05) is 0 Å². The third-order valence-corrected chi connectivity index (χ3v) is 4.26. The van der Waals surface area contributed by atoms with E-state index in [4.69, 9.17) is 4.42 Å². The highest BCUT2D eigenvalue weighted by Gasteiger charge is 2.32. The van der Waals surface area contributed by atoms with Crippen LogP contribution in [-0.2, 0) is 0 Å². The first-order valence-electron chi connectivity index (χ1n) is 7.72. The summed E-state index contributed by atoms with van der Waals surface area (Å²) in [5.41, 5.74) is 0. The van der Waals surface area contributed by atoms with Gasteiger partial charge in [0.15, 0.2) is 0 Å². The van der Waals surface area contributed by atoms with E-state index in [9.17, 15) is 9.90 Å². The van der Waals surface area contributed by atoms with Crippen LogP contribution in [0.25, 0.3) is 0 Å². The Balaban J connectivity index is 1.34. The molecule has 2 fully saturated rings. The van der Waals surface area contributed by atoms with Crippen LogP contribution in [0, 0.1) is 0 Å². The molecule has 0 radical (unpaired) electrons. The molecule has 3 rings (SSSR count). The number of piperidine rings is 1. The lowest BCUT2D eigenvalue weighted by Crippen LogP contribution is -2.48. The second kappa shape index (κ2) is 6.49. The second-order valence-electron chi connectivity index (χ2n) is 5.93. The fourth-order valence-corrected chi connectivity index (χ4v) is 2.86. The number of hydrogen-bond acceptors (Lipinski definition) is 4. The lowest BCUT2D eigenvalue weighted by atomic mass is 10.1. The summed E-state index contributed by atoms with van der Waals surface area (Å²) >= 11 is 0. The van der Waals surface area contributed by atoms with Crippen LogP contribution in [-0.4, -0.2) is 47.8 Å². The van der Waals surface area contributed by atoms with Crippen molar-refractivity contribution in [2.45, 2.75) is 43.9 Å². The minimum atomic E-state index is -0.803. The van der Waals surface area contributed by atoms with Crippen molar-refractivity contribution in [2.75, 3.05) is 19.6 Å². The van der Waals surface area contributed by atoms with Crippen molar-refractivity contribution >= 4 is 6.03 Å². The van der Waals surface area contributed by atoms with E-state index in [-0.39, 0.29) is 18.6 Å². The van der Waals surface area contributed by atoms with Gasteiger partial charge in [0.2, 0.25) is 0 Å². The second-order valence-corrected chi connectivity index (χ2v) is 5.93. The van der Waals surface area contributed by atoms with Gasteiger partial charge in [-0.2, -0.15) is 0 Å². The molecule has 6 heteroatoms. The van der Waals surface area contributed by atoms with Gasteiger partial charge < -0.3 is 25.1 Å². The number of amides is 2. The molecule has 1 saturated heterocycles. The quantitative estimate of drug-likeness (QED) is 0.763. The first kappa shape index (κ1) is 14.4. The van der Waals surface area contributed by atoms with Gasteiger partial charge in [0.25, 0.3) is 0 Å². The van der Waals surface area contributed by atoms with E-state index in [2.05, 4.69) is 15.5 Å². The molecule has 0 aromatic carbocycles. The van der Waals surface area contributed by atoms with Crippen molar-refractivity contribution in [2.24, 2.45) is 0 Å². The summed E-state index contributed by atoms with van der Waals surface area (Å²) in [4.78, 5) is 14.4. The van der Waals surface area contributed by atoms with Crippen LogP contribution in [0.1, 0.15) is 37.5 Å². The molecule has 1 aromatic rings. The van der Waals surface area contributed by atoms with E-state index in [0.717, 1.165) is 32.0 Å². The number of aliphatic hydroxyl groups excluding tert-OH is 1. The molecule has 2 heterocycles. The van der Waals surface area contributed by atoms with E-state index in [0.29, 0.717) is 5.76 Å². The Morgan fingerprint density at radius 2 is 2.14 bits per heavy atom. The summed E-state index contributed by atoms with van der Waals surface area (Å²) in [7, 11) is 0. The molecule has 1 aliphatic carbocycles. The Morgan fingerprint density at radius 3 is 2.76 bits per heavy atom. The zero-order valence-electron chi connectivity index (χ0n) is 12.1. The molecule has 2 aliphatic rings. The topological polar surface area (TPSA) is 77.7 Å². The minimum absolute atomic E-state index is 0.153. The summed E-state index contributed by atoms with van der Waals surface area (Å²) in [6.45, 7) is 2.30. The first-order chi connectivity index (χ1) is 10.2. The number of hydrogen-bond donors (Lipinski definition) is 3. The van der Waals surface area contributed by atoms with Gasteiger partial charge in [-0.3, -0.25) is 0 Å². The molecule has 116 valence electrons. The predicted octanol–water partition coefficient (Wildman–Crippen LogP) is 1.24. The maximum Gasteiger partial charge on any atom is 0.315 e. The normalized spacial score (nSPS) is 22.0. The molecular formula is C15H23N3O3. The number of carbonyl (C=O) groups excluding carboxylic acids is 1. The lowest BCUT2D eigenvalue weighted by Gasteiger charge is -2.32. The Morgan fingerprint density at radius 1 is 1.38 bits per heavy atom. The van der Waals surface area contributed by atoms with Crippen LogP contribution in [0.5, 0.6) is 0 Å². The third kappa shape index (κ3) is 3.98. The van der Waals surface area contributed by atoms with Crippen LogP contribution in [0.2, 0.25) is 0 Å². The number of likely N-dealkylation sites (tertiary alicyclic amines) is 1. The molecule has 3 N–H and O–H groups in total. The molecule has 1 aliphatic heterocycles. The Kier molecular flexibility index (Phi) is 4.45. The Hall–Kier alpha value is -1.53. The zero-order valence-corrected chi connectivity index (χ0v) is 12.1. The summed E-state index contributed by atoms with van der Waals surface area (Å²) < 4.78 is 5.09. The Bertz CT molecular complexity index is 451. The van der Waals surface area contributed by atoms with Gasteiger partial charge in [-0.25, -0.2) is 4.79 Å². The maximum atomic E-state index is 11.8. The third-order valence-electron chi connectivity index (χ3n) is 4.26. The van der Waals surface area contributed by atoms with Crippen molar-refractivity contribution in [3.8, 4) is 0 Å². The number of nitrogens with zero attached hydrogens (tertiary/aromatic N) is 1. The average Bonchev–Trinajstić information content (AvgIpc) is 3.20. The van der Waals surface area contributed by atoms with Crippen LogP contribution in [0.4, 0.5) is 4.79 Å². The summed E-state index contributed by atoms with van der Waals surface area (Å²) in [5.74, 6) is 0.466. The molecule has 2 amide bonds. The molecule has 21 heavy (non-hydrogen) atoms. The fourth-order valence-electron chi connectivity index (χ4n) is 2.86. The van der Waals surface area contributed by atoms with Crippen molar-refractivity contribution in [1.29, 1.82) is 0 Å². The van der Waals surface area contributed by atoms with Gasteiger partial charge in [-0.15, -0.1) is 0 Å². The van der Waals surface area contributed by atoms with Gasteiger partial charge >= 0.3 is 6.03 Å². The highest BCUT2D eigenvalue weighted by Crippen LogP contribution is 2.29. The summed E-state index contributed by atoms with van der Waals surface area (Å²) in [6, 6.07) is 4.24. The zero-order chi connectivity index (χ0) is 14.7. The standard InChI is InChI=1S/C15H23N3O3/c19-13(14-2-1-9-21-14)10-16-15(20)17-11-5-7-18(8-6-11)12-3-4-12/h1-2,9,11-13,19H,3-8,10H2,(H2,16,17,20). The van der Waals surface area contributed by atoms with Crippen molar-refractivity contribution in [3.05, 3.63) is 24.2 Å².